The Morgan fingerprint density at radius 2 is 2.00 bits per heavy atom. The van der Waals surface area contributed by atoms with E-state index in [9.17, 15) is 0 Å². The quantitative estimate of drug-likeness (QED) is 0.490. The lowest BCUT2D eigenvalue weighted by Crippen LogP contribution is -2.04. The fourth-order valence-corrected chi connectivity index (χ4v) is 3.25. The standard InChI is InChI=1S/C20H20N4O4S/c1-12-4-13(2)6-15(5-12)26-10-18-22-23-20(29)24(18)21-9-14-7-16(25-3)19-17(8-14)27-11-28-19/h4-9H,10-11H2,1-3H3,(H,23,29)/b21-9-. The van der Waals surface area contributed by atoms with Crippen LogP contribution in [0.4, 0.5) is 0 Å². The molecule has 29 heavy (non-hydrogen) atoms. The van der Waals surface area contributed by atoms with Crippen molar-refractivity contribution in [1.82, 2.24) is 14.9 Å². The molecule has 0 aliphatic carbocycles. The highest BCUT2D eigenvalue weighted by Crippen LogP contribution is 2.41. The van der Waals surface area contributed by atoms with Crippen LogP contribution in [0.5, 0.6) is 23.0 Å². The summed E-state index contributed by atoms with van der Waals surface area (Å²) in [6, 6.07) is 9.67. The van der Waals surface area contributed by atoms with Crippen LogP contribution in [0.25, 0.3) is 0 Å². The van der Waals surface area contributed by atoms with Crippen LogP contribution in [0.2, 0.25) is 0 Å². The van der Waals surface area contributed by atoms with Gasteiger partial charge in [-0.25, -0.2) is 5.10 Å². The van der Waals surface area contributed by atoms with Crippen LogP contribution < -0.4 is 18.9 Å². The van der Waals surface area contributed by atoms with Gasteiger partial charge in [0.25, 0.3) is 0 Å². The number of fused-ring (bicyclic) bond motifs is 1. The summed E-state index contributed by atoms with van der Waals surface area (Å²) in [6.45, 7) is 4.44. The Balaban J connectivity index is 1.56. The molecule has 0 atom stereocenters. The number of nitrogens with one attached hydrogen (secondary N) is 1. The highest BCUT2D eigenvalue weighted by molar-refractivity contribution is 7.71. The molecule has 0 radical (unpaired) electrons. The smallest absolute Gasteiger partial charge is 0.231 e. The van der Waals surface area contributed by atoms with Crippen molar-refractivity contribution >= 4 is 18.4 Å². The first-order valence-electron chi connectivity index (χ1n) is 8.93. The number of aromatic amines is 1. The largest absolute Gasteiger partial charge is 0.493 e. The molecule has 0 unspecified atom stereocenters. The molecule has 1 aromatic heterocycles. The monoisotopic (exact) mass is 412 g/mol. The summed E-state index contributed by atoms with van der Waals surface area (Å²) >= 11 is 5.29. The van der Waals surface area contributed by atoms with Crippen molar-refractivity contribution in [2.45, 2.75) is 20.5 Å². The van der Waals surface area contributed by atoms with Crippen molar-refractivity contribution in [1.29, 1.82) is 0 Å². The molecular weight excluding hydrogens is 392 g/mol. The molecule has 150 valence electrons. The summed E-state index contributed by atoms with van der Waals surface area (Å²) in [4.78, 5) is 0. The third-order valence-electron chi connectivity index (χ3n) is 4.28. The summed E-state index contributed by atoms with van der Waals surface area (Å²) in [5, 5.41) is 11.4. The van der Waals surface area contributed by atoms with E-state index < -0.39 is 0 Å². The maximum Gasteiger partial charge on any atom is 0.231 e. The van der Waals surface area contributed by atoms with Gasteiger partial charge in [0.15, 0.2) is 17.3 Å². The van der Waals surface area contributed by atoms with Crippen molar-refractivity contribution in [3.8, 4) is 23.0 Å². The molecule has 2 heterocycles. The molecule has 2 aromatic carbocycles. The Morgan fingerprint density at radius 1 is 1.21 bits per heavy atom. The van der Waals surface area contributed by atoms with Crippen molar-refractivity contribution in [2.75, 3.05) is 13.9 Å². The van der Waals surface area contributed by atoms with Crippen LogP contribution in [0.3, 0.4) is 0 Å². The fourth-order valence-electron chi connectivity index (χ4n) is 3.05. The summed E-state index contributed by atoms with van der Waals surface area (Å²) in [7, 11) is 1.58. The number of benzene rings is 2. The molecule has 0 saturated carbocycles. The maximum absolute atomic E-state index is 5.88. The summed E-state index contributed by atoms with van der Waals surface area (Å²) in [6.07, 6.45) is 1.65. The first kappa shape index (κ1) is 19.0. The minimum atomic E-state index is 0.166. The average Bonchev–Trinajstić information content (AvgIpc) is 3.29. The number of nitrogens with zero attached hydrogens (tertiary/aromatic N) is 3. The number of hydrogen-bond acceptors (Lipinski definition) is 7. The van der Waals surface area contributed by atoms with Crippen molar-refractivity contribution in [3.63, 3.8) is 0 Å². The minimum Gasteiger partial charge on any atom is -0.493 e. The molecule has 1 aliphatic rings. The molecule has 4 rings (SSSR count). The van der Waals surface area contributed by atoms with Crippen LogP contribution in [0.15, 0.2) is 35.4 Å². The van der Waals surface area contributed by atoms with E-state index in [-0.39, 0.29) is 13.4 Å². The first-order chi connectivity index (χ1) is 14.0. The highest BCUT2D eigenvalue weighted by atomic mass is 32.1. The third kappa shape index (κ3) is 4.09. The van der Waals surface area contributed by atoms with E-state index in [4.69, 9.17) is 31.2 Å². The topological polar surface area (TPSA) is 82.9 Å². The Kier molecular flexibility index (Phi) is 5.22. The van der Waals surface area contributed by atoms with Crippen LogP contribution in [-0.4, -0.2) is 35.0 Å². The van der Waals surface area contributed by atoms with E-state index >= 15 is 0 Å². The number of hydrogen-bond donors (Lipinski definition) is 1. The molecule has 0 fully saturated rings. The van der Waals surface area contributed by atoms with Crippen LogP contribution >= 0.6 is 12.2 Å². The van der Waals surface area contributed by atoms with Gasteiger partial charge in [-0.05, 0) is 61.5 Å². The molecule has 0 spiro atoms. The van der Waals surface area contributed by atoms with E-state index in [1.165, 1.54) is 4.68 Å². The van der Waals surface area contributed by atoms with Gasteiger partial charge in [0, 0.05) is 5.56 Å². The molecule has 0 bridgehead atoms. The number of ether oxygens (including phenoxy) is 4. The molecule has 0 amide bonds. The zero-order chi connectivity index (χ0) is 20.4. The van der Waals surface area contributed by atoms with Gasteiger partial charge in [-0.15, -0.1) is 0 Å². The molecule has 1 aliphatic heterocycles. The lowest BCUT2D eigenvalue weighted by Gasteiger charge is -2.08. The third-order valence-corrected chi connectivity index (χ3v) is 4.55. The van der Waals surface area contributed by atoms with Gasteiger partial charge in [0.1, 0.15) is 12.4 Å². The second-order valence-electron chi connectivity index (χ2n) is 6.57. The van der Waals surface area contributed by atoms with Gasteiger partial charge in [0.2, 0.25) is 17.3 Å². The van der Waals surface area contributed by atoms with Crippen LogP contribution in [0, 0.1) is 18.6 Å². The number of H-pyrrole nitrogens is 1. The van der Waals surface area contributed by atoms with Crippen LogP contribution in [0.1, 0.15) is 22.5 Å². The Labute approximate surface area is 172 Å². The number of rotatable bonds is 6. The fraction of sp³-hybridized carbons (Fsp3) is 0.250. The van der Waals surface area contributed by atoms with Gasteiger partial charge < -0.3 is 18.9 Å². The lowest BCUT2D eigenvalue weighted by molar-refractivity contribution is 0.171. The summed E-state index contributed by atoms with van der Waals surface area (Å²) in [5.74, 6) is 3.10. The second-order valence-corrected chi connectivity index (χ2v) is 6.96. The SMILES string of the molecule is COc1cc(/C=N\n2c(COc3cc(C)cc(C)c3)n[nH]c2=S)cc2c1OCO2. The molecule has 1 N–H and O–H groups in total. The highest BCUT2D eigenvalue weighted by Gasteiger charge is 2.19. The van der Waals surface area contributed by atoms with E-state index in [0.29, 0.717) is 27.8 Å². The Morgan fingerprint density at radius 3 is 2.76 bits per heavy atom. The van der Waals surface area contributed by atoms with E-state index in [1.807, 2.05) is 38.1 Å². The first-order valence-corrected chi connectivity index (χ1v) is 9.33. The summed E-state index contributed by atoms with van der Waals surface area (Å²) < 4.78 is 24.0. The zero-order valence-corrected chi connectivity index (χ0v) is 17.1. The number of methoxy groups -OCH3 is 1. The van der Waals surface area contributed by atoms with Gasteiger partial charge in [-0.2, -0.15) is 14.9 Å². The van der Waals surface area contributed by atoms with Gasteiger partial charge in [-0.3, -0.25) is 0 Å². The normalized spacial score (nSPS) is 12.5. The predicted octanol–water partition coefficient (Wildman–Crippen LogP) is 3.76. The molecule has 0 saturated heterocycles. The lowest BCUT2D eigenvalue weighted by atomic mass is 10.1. The molecular formula is C20H20N4O4S. The predicted molar refractivity (Wildman–Crippen MR) is 110 cm³/mol. The average molecular weight is 412 g/mol. The van der Waals surface area contributed by atoms with E-state index in [1.54, 1.807) is 13.3 Å². The Hall–Kier alpha value is -3.33. The molecule has 9 heteroatoms. The maximum atomic E-state index is 5.88. The van der Waals surface area contributed by atoms with Crippen LogP contribution in [-0.2, 0) is 6.61 Å². The van der Waals surface area contributed by atoms with Gasteiger partial charge >= 0.3 is 0 Å². The number of aryl methyl sites for hydroxylation is 2. The van der Waals surface area contributed by atoms with Crippen molar-refractivity contribution in [3.05, 3.63) is 57.6 Å². The molecule has 8 nitrogen and oxygen atoms in total. The van der Waals surface area contributed by atoms with Gasteiger partial charge in [-0.1, -0.05) is 6.07 Å². The van der Waals surface area contributed by atoms with Gasteiger partial charge in [0.05, 0.1) is 13.3 Å². The van der Waals surface area contributed by atoms with Crippen molar-refractivity contribution in [2.24, 2.45) is 5.10 Å². The van der Waals surface area contributed by atoms with E-state index in [2.05, 4.69) is 21.4 Å². The number of aromatic nitrogens is 3. The molecule has 3 aromatic rings. The Bertz CT molecular complexity index is 1120. The van der Waals surface area contributed by atoms with E-state index in [0.717, 1.165) is 22.4 Å². The summed E-state index contributed by atoms with van der Waals surface area (Å²) in [5.41, 5.74) is 3.04. The van der Waals surface area contributed by atoms with Crippen molar-refractivity contribution < 1.29 is 18.9 Å². The second kappa shape index (κ2) is 7.96. The zero-order valence-electron chi connectivity index (χ0n) is 16.3. The minimum absolute atomic E-state index is 0.166.